The number of benzene rings is 1. The van der Waals surface area contributed by atoms with Crippen LogP contribution in [-0.4, -0.2) is 16.9 Å². The van der Waals surface area contributed by atoms with E-state index in [0.29, 0.717) is 17.9 Å². The number of carboxylic acid groups (broad SMARTS) is 1. The van der Waals surface area contributed by atoms with E-state index in [2.05, 4.69) is 20.9 Å². The van der Waals surface area contributed by atoms with E-state index >= 15 is 0 Å². The second-order valence-corrected chi connectivity index (χ2v) is 4.18. The minimum atomic E-state index is -1.00. The average Bonchev–Trinajstić information content (AvgIpc) is 2.24. The van der Waals surface area contributed by atoms with Gasteiger partial charge in [0, 0.05) is 10.9 Å². The molecule has 0 saturated carbocycles. The van der Waals surface area contributed by atoms with Crippen LogP contribution in [0.2, 0.25) is 0 Å². The van der Waals surface area contributed by atoms with Gasteiger partial charge in [-0.2, -0.15) is 0 Å². The third-order valence-corrected chi connectivity index (χ3v) is 3.07. The lowest BCUT2D eigenvalue weighted by molar-refractivity contribution is 0.0697. The number of halogens is 1. The normalized spacial score (nSPS) is 11.6. The standard InChI is InChI=1S/C11H13BrN2O2/c1-3-9(13)14-10-6(2)8(12)5-4-7(10)11(15)16/h4-5H,3H2,1-2H3,(H2,13,14)(H,15,16). The van der Waals surface area contributed by atoms with Crippen molar-refractivity contribution in [1.29, 1.82) is 0 Å². The summed E-state index contributed by atoms with van der Waals surface area (Å²) < 4.78 is 0.820. The highest BCUT2D eigenvalue weighted by molar-refractivity contribution is 9.10. The van der Waals surface area contributed by atoms with Crippen LogP contribution in [0.15, 0.2) is 21.6 Å². The summed E-state index contributed by atoms with van der Waals surface area (Å²) >= 11 is 3.34. The summed E-state index contributed by atoms with van der Waals surface area (Å²) in [7, 11) is 0. The molecule has 0 bridgehead atoms. The largest absolute Gasteiger partial charge is 0.478 e. The van der Waals surface area contributed by atoms with Crippen LogP contribution in [0, 0.1) is 6.92 Å². The van der Waals surface area contributed by atoms with Crippen molar-refractivity contribution in [2.45, 2.75) is 20.3 Å². The van der Waals surface area contributed by atoms with Gasteiger partial charge in [0.15, 0.2) is 0 Å². The van der Waals surface area contributed by atoms with Crippen LogP contribution < -0.4 is 5.73 Å². The highest BCUT2D eigenvalue weighted by Gasteiger charge is 2.13. The predicted molar refractivity (Wildman–Crippen MR) is 67.4 cm³/mol. The number of nitrogens with two attached hydrogens (primary N) is 1. The number of amidine groups is 1. The molecule has 0 fully saturated rings. The Hall–Kier alpha value is -1.36. The first kappa shape index (κ1) is 12.7. The summed E-state index contributed by atoms with van der Waals surface area (Å²) in [6.07, 6.45) is 0.588. The monoisotopic (exact) mass is 284 g/mol. The molecule has 1 aromatic rings. The zero-order chi connectivity index (χ0) is 12.3. The molecule has 0 amide bonds. The van der Waals surface area contributed by atoms with Crippen LogP contribution in [0.5, 0.6) is 0 Å². The van der Waals surface area contributed by atoms with Crippen molar-refractivity contribution in [3.8, 4) is 0 Å². The lowest BCUT2D eigenvalue weighted by atomic mass is 10.1. The molecule has 1 rings (SSSR count). The van der Waals surface area contributed by atoms with Crippen LogP contribution in [0.1, 0.15) is 29.3 Å². The molecule has 0 aliphatic rings. The van der Waals surface area contributed by atoms with Crippen LogP contribution in [0.4, 0.5) is 5.69 Å². The quantitative estimate of drug-likeness (QED) is 0.662. The molecule has 16 heavy (non-hydrogen) atoms. The second-order valence-electron chi connectivity index (χ2n) is 3.33. The Morgan fingerprint density at radius 3 is 2.69 bits per heavy atom. The molecule has 0 atom stereocenters. The molecule has 0 unspecified atom stereocenters. The first-order valence-corrected chi connectivity index (χ1v) is 5.62. The Labute approximate surface area is 102 Å². The molecule has 0 saturated heterocycles. The number of rotatable bonds is 3. The van der Waals surface area contributed by atoms with Gasteiger partial charge in [-0.15, -0.1) is 0 Å². The summed E-state index contributed by atoms with van der Waals surface area (Å²) in [6.45, 7) is 3.67. The lowest BCUT2D eigenvalue weighted by Gasteiger charge is -2.08. The Balaban J connectivity index is 3.43. The summed E-state index contributed by atoms with van der Waals surface area (Å²) in [6, 6.07) is 3.21. The molecule has 0 aromatic heterocycles. The SMILES string of the molecule is CCC(N)=Nc1c(C(=O)O)ccc(Br)c1C. The van der Waals surface area contributed by atoms with E-state index in [-0.39, 0.29) is 5.56 Å². The first-order chi connectivity index (χ1) is 7.47. The third-order valence-electron chi connectivity index (χ3n) is 2.21. The molecule has 0 aliphatic heterocycles. The van der Waals surface area contributed by atoms with Gasteiger partial charge in [0.05, 0.1) is 17.1 Å². The Bertz CT molecular complexity index is 456. The summed E-state index contributed by atoms with van der Waals surface area (Å²) in [4.78, 5) is 15.2. The molecule has 3 N–H and O–H groups in total. The van der Waals surface area contributed by atoms with Gasteiger partial charge < -0.3 is 10.8 Å². The minimum Gasteiger partial charge on any atom is -0.478 e. The van der Waals surface area contributed by atoms with E-state index in [1.807, 2.05) is 6.92 Å². The Morgan fingerprint density at radius 1 is 1.56 bits per heavy atom. The Morgan fingerprint density at radius 2 is 2.19 bits per heavy atom. The van der Waals surface area contributed by atoms with Crippen molar-refractivity contribution >= 4 is 33.4 Å². The van der Waals surface area contributed by atoms with E-state index < -0.39 is 5.97 Å². The number of aromatic carboxylic acids is 1. The van der Waals surface area contributed by atoms with Crippen molar-refractivity contribution in [3.63, 3.8) is 0 Å². The van der Waals surface area contributed by atoms with Crippen LogP contribution in [-0.2, 0) is 0 Å². The van der Waals surface area contributed by atoms with Crippen LogP contribution >= 0.6 is 15.9 Å². The maximum Gasteiger partial charge on any atom is 0.337 e. The molecular weight excluding hydrogens is 272 g/mol. The van der Waals surface area contributed by atoms with Gasteiger partial charge in [-0.25, -0.2) is 9.79 Å². The van der Waals surface area contributed by atoms with Crippen molar-refractivity contribution < 1.29 is 9.90 Å². The van der Waals surface area contributed by atoms with Gasteiger partial charge in [-0.1, -0.05) is 22.9 Å². The van der Waals surface area contributed by atoms with E-state index in [4.69, 9.17) is 10.8 Å². The van der Waals surface area contributed by atoms with Gasteiger partial charge in [0.2, 0.25) is 0 Å². The summed E-state index contributed by atoms with van der Waals surface area (Å²) in [5.74, 6) is -0.582. The molecule has 5 heteroatoms. The van der Waals surface area contributed by atoms with Crippen molar-refractivity contribution in [1.82, 2.24) is 0 Å². The number of carboxylic acids is 1. The highest BCUT2D eigenvalue weighted by Crippen LogP contribution is 2.30. The number of carbonyl (C=O) groups is 1. The predicted octanol–water partition coefficient (Wildman–Crippen LogP) is 2.85. The summed E-state index contributed by atoms with van der Waals surface area (Å²) in [5.41, 5.74) is 6.99. The smallest absolute Gasteiger partial charge is 0.337 e. The topological polar surface area (TPSA) is 75.7 Å². The number of hydrogen-bond donors (Lipinski definition) is 2. The average molecular weight is 285 g/mol. The molecular formula is C11H13BrN2O2. The van der Waals surface area contributed by atoms with E-state index in [9.17, 15) is 4.79 Å². The van der Waals surface area contributed by atoms with E-state index in [1.165, 1.54) is 6.07 Å². The minimum absolute atomic E-state index is 0.164. The van der Waals surface area contributed by atoms with Crippen molar-refractivity contribution in [2.75, 3.05) is 0 Å². The maximum atomic E-state index is 11.0. The molecule has 0 spiro atoms. The van der Waals surface area contributed by atoms with Crippen molar-refractivity contribution in [3.05, 3.63) is 27.7 Å². The summed E-state index contributed by atoms with van der Waals surface area (Å²) in [5, 5.41) is 9.04. The second kappa shape index (κ2) is 5.12. The molecule has 1 aromatic carbocycles. The Kier molecular flexibility index (Phi) is 4.06. The van der Waals surface area contributed by atoms with Crippen molar-refractivity contribution in [2.24, 2.45) is 10.7 Å². The third kappa shape index (κ3) is 2.61. The fourth-order valence-corrected chi connectivity index (χ4v) is 1.53. The number of hydrogen-bond acceptors (Lipinski definition) is 2. The zero-order valence-electron chi connectivity index (χ0n) is 9.12. The van der Waals surface area contributed by atoms with Gasteiger partial charge in [0.25, 0.3) is 0 Å². The fourth-order valence-electron chi connectivity index (χ4n) is 1.21. The van der Waals surface area contributed by atoms with Crippen LogP contribution in [0.3, 0.4) is 0 Å². The van der Waals surface area contributed by atoms with Crippen LogP contribution in [0.25, 0.3) is 0 Å². The van der Waals surface area contributed by atoms with Gasteiger partial charge in [0.1, 0.15) is 0 Å². The molecule has 86 valence electrons. The zero-order valence-corrected chi connectivity index (χ0v) is 10.7. The van der Waals surface area contributed by atoms with E-state index in [0.717, 1.165) is 10.0 Å². The maximum absolute atomic E-state index is 11.0. The van der Waals surface area contributed by atoms with E-state index in [1.54, 1.807) is 13.0 Å². The fraction of sp³-hybridized carbons (Fsp3) is 0.273. The number of nitrogens with zero attached hydrogens (tertiary/aromatic N) is 1. The molecule has 4 nitrogen and oxygen atoms in total. The molecule has 0 heterocycles. The molecule has 0 radical (unpaired) electrons. The highest BCUT2D eigenvalue weighted by atomic mass is 79.9. The van der Waals surface area contributed by atoms with Gasteiger partial charge >= 0.3 is 5.97 Å². The first-order valence-electron chi connectivity index (χ1n) is 4.82. The van der Waals surface area contributed by atoms with Gasteiger partial charge in [-0.05, 0) is 24.6 Å². The lowest BCUT2D eigenvalue weighted by Crippen LogP contribution is -2.10. The van der Waals surface area contributed by atoms with Gasteiger partial charge in [-0.3, -0.25) is 0 Å². The molecule has 0 aliphatic carbocycles. The number of aliphatic imine (C=N–C) groups is 1.